The van der Waals surface area contributed by atoms with Crippen molar-refractivity contribution >= 4 is 11.6 Å². The fraction of sp³-hybridized carbons (Fsp3) is 0.200. The summed E-state index contributed by atoms with van der Waals surface area (Å²) in [5, 5.41) is 7.09. The number of anilines is 1. The zero-order valence-electron chi connectivity index (χ0n) is 15.1. The third-order valence-corrected chi connectivity index (χ3v) is 3.92. The van der Waals surface area contributed by atoms with E-state index >= 15 is 0 Å². The van der Waals surface area contributed by atoms with E-state index in [4.69, 9.17) is 9.47 Å². The lowest BCUT2D eigenvalue weighted by molar-refractivity contribution is 0.102. The molecule has 0 saturated carbocycles. The third kappa shape index (κ3) is 4.71. The second kappa shape index (κ2) is 8.46. The Kier molecular flexibility index (Phi) is 5.83. The van der Waals surface area contributed by atoms with Crippen LogP contribution in [0.4, 0.5) is 10.1 Å². The van der Waals surface area contributed by atoms with E-state index in [1.165, 1.54) is 16.8 Å². The number of amides is 1. The number of halogens is 1. The van der Waals surface area contributed by atoms with Crippen LogP contribution in [0.1, 0.15) is 16.1 Å². The van der Waals surface area contributed by atoms with E-state index in [9.17, 15) is 9.18 Å². The minimum atomic E-state index is -0.327. The standard InChI is InChI=1S/C20H20FN3O3/c1-14-13-17(27-12-11-26-2)7-8-18(14)22-20(25)19-9-10-24(23-19)16-5-3-15(21)4-6-16/h3-10,13H,11-12H2,1-2H3,(H,22,25). The van der Waals surface area contributed by atoms with Crippen LogP contribution in [0, 0.1) is 12.7 Å². The Labute approximate surface area is 156 Å². The van der Waals surface area contributed by atoms with Crippen LogP contribution < -0.4 is 10.1 Å². The fourth-order valence-corrected chi connectivity index (χ4v) is 2.48. The quantitative estimate of drug-likeness (QED) is 0.647. The summed E-state index contributed by atoms with van der Waals surface area (Å²) in [6.07, 6.45) is 1.65. The number of hydrogen-bond donors (Lipinski definition) is 1. The van der Waals surface area contributed by atoms with Gasteiger partial charge in [0.15, 0.2) is 5.69 Å². The largest absolute Gasteiger partial charge is 0.491 e. The number of aryl methyl sites for hydroxylation is 1. The van der Waals surface area contributed by atoms with Gasteiger partial charge in [-0.05, 0) is 61.0 Å². The molecule has 2 aromatic carbocycles. The number of hydrogen-bond acceptors (Lipinski definition) is 4. The highest BCUT2D eigenvalue weighted by Gasteiger charge is 2.12. The van der Waals surface area contributed by atoms with Crippen molar-refractivity contribution in [2.75, 3.05) is 25.6 Å². The molecule has 3 rings (SSSR count). The summed E-state index contributed by atoms with van der Waals surface area (Å²) in [6.45, 7) is 2.85. The molecule has 0 atom stereocenters. The first-order chi connectivity index (χ1) is 13.1. The van der Waals surface area contributed by atoms with Crippen molar-refractivity contribution in [3.63, 3.8) is 0 Å². The van der Waals surface area contributed by atoms with E-state index < -0.39 is 0 Å². The zero-order chi connectivity index (χ0) is 19.2. The van der Waals surface area contributed by atoms with Gasteiger partial charge in [-0.2, -0.15) is 5.10 Å². The van der Waals surface area contributed by atoms with Crippen molar-refractivity contribution in [3.05, 3.63) is 71.8 Å². The van der Waals surface area contributed by atoms with Gasteiger partial charge in [-0.3, -0.25) is 4.79 Å². The van der Waals surface area contributed by atoms with E-state index in [-0.39, 0.29) is 17.4 Å². The van der Waals surface area contributed by atoms with Crippen molar-refractivity contribution in [1.29, 1.82) is 0 Å². The summed E-state index contributed by atoms with van der Waals surface area (Å²) in [4.78, 5) is 12.5. The summed E-state index contributed by atoms with van der Waals surface area (Å²) < 4.78 is 25.0. The van der Waals surface area contributed by atoms with Gasteiger partial charge in [0.25, 0.3) is 5.91 Å². The summed E-state index contributed by atoms with van der Waals surface area (Å²) >= 11 is 0. The van der Waals surface area contributed by atoms with Gasteiger partial charge in [-0.1, -0.05) is 0 Å². The molecule has 0 radical (unpaired) electrons. The molecule has 1 aromatic heterocycles. The van der Waals surface area contributed by atoms with Gasteiger partial charge in [0.2, 0.25) is 0 Å². The van der Waals surface area contributed by atoms with Crippen LogP contribution in [-0.2, 0) is 4.74 Å². The van der Waals surface area contributed by atoms with Crippen LogP contribution >= 0.6 is 0 Å². The number of nitrogens with one attached hydrogen (secondary N) is 1. The lowest BCUT2D eigenvalue weighted by Crippen LogP contribution is -2.14. The molecule has 0 bridgehead atoms. The number of carbonyl (C=O) groups is 1. The monoisotopic (exact) mass is 369 g/mol. The molecular weight excluding hydrogens is 349 g/mol. The molecule has 0 aliphatic heterocycles. The maximum absolute atomic E-state index is 13.0. The zero-order valence-corrected chi connectivity index (χ0v) is 15.1. The van der Waals surface area contributed by atoms with Crippen LogP contribution in [0.3, 0.4) is 0 Å². The van der Waals surface area contributed by atoms with E-state index in [1.807, 2.05) is 13.0 Å². The number of aromatic nitrogens is 2. The first-order valence-corrected chi connectivity index (χ1v) is 8.42. The number of benzene rings is 2. The van der Waals surface area contributed by atoms with E-state index in [0.29, 0.717) is 30.3 Å². The van der Waals surface area contributed by atoms with Gasteiger partial charge in [0.1, 0.15) is 18.2 Å². The smallest absolute Gasteiger partial charge is 0.276 e. The van der Waals surface area contributed by atoms with Crippen molar-refractivity contribution in [3.8, 4) is 11.4 Å². The molecule has 3 aromatic rings. The predicted molar refractivity (Wildman–Crippen MR) is 100 cm³/mol. The molecular formula is C20H20FN3O3. The second-order valence-corrected chi connectivity index (χ2v) is 5.89. The van der Waals surface area contributed by atoms with Gasteiger partial charge in [0.05, 0.1) is 12.3 Å². The maximum atomic E-state index is 13.0. The third-order valence-electron chi connectivity index (χ3n) is 3.92. The average molecular weight is 369 g/mol. The van der Waals surface area contributed by atoms with Crippen molar-refractivity contribution in [1.82, 2.24) is 9.78 Å². The highest BCUT2D eigenvalue weighted by Crippen LogP contribution is 2.22. The molecule has 0 aliphatic carbocycles. The molecule has 6 nitrogen and oxygen atoms in total. The topological polar surface area (TPSA) is 65.4 Å². The Morgan fingerprint density at radius 3 is 2.63 bits per heavy atom. The van der Waals surface area contributed by atoms with E-state index in [1.54, 1.807) is 43.6 Å². The Morgan fingerprint density at radius 1 is 1.15 bits per heavy atom. The van der Waals surface area contributed by atoms with Crippen molar-refractivity contribution in [2.24, 2.45) is 0 Å². The Hall–Kier alpha value is -3.19. The van der Waals surface area contributed by atoms with Crippen molar-refractivity contribution in [2.45, 2.75) is 6.92 Å². The average Bonchev–Trinajstić information content (AvgIpc) is 3.15. The Bertz CT molecular complexity index is 922. The molecule has 27 heavy (non-hydrogen) atoms. The van der Waals surface area contributed by atoms with Gasteiger partial charge >= 0.3 is 0 Å². The molecule has 1 amide bonds. The lowest BCUT2D eigenvalue weighted by atomic mass is 10.2. The number of nitrogens with zero attached hydrogens (tertiary/aromatic N) is 2. The molecule has 1 heterocycles. The fourth-order valence-electron chi connectivity index (χ4n) is 2.48. The van der Waals surface area contributed by atoms with E-state index in [2.05, 4.69) is 10.4 Å². The Balaban J connectivity index is 1.67. The highest BCUT2D eigenvalue weighted by molar-refractivity contribution is 6.03. The summed E-state index contributed by atoms with van der Waals surface area (Å²) in [6, 6.07) is 12.9. The summed E-state index contributed by atoms with van der Waals surface area (Å²) in [5.41, 5.74) is 2.48. The number of methoxy groups -OCH3 is 1. The minimum absolute atomic E-state index is 0.263. The number of carbonyl (C=O) groups excluding carboxylic acids is 1. The van der Waals surface area contributed by atoms with Gasteiger partial charge in [0, 0.05) is 19.0 Å². The molecule has 0 saturated heterocycles. The number of rotatable bonds is 7. The van der Waals surface area contributed by atoms with E-state index in [0.717, 1.165) is 5.56 Å². The summed E-state index contributed by atoms with van der Waals surface area (Å²) in [7, 11) is 1.62. The maximum Gasteiger partial charge on any atom is 0.276 e. The lowest BCUT2D eigenvalue weighted by Gasteiger charge is -2.10. The minimum Gasteiger partial charge on any atom is -0.491 e. The van der Waals surface area contributed by atoms with Crippen LogP contribution in [0.5, 0.6) is 5.75 Å². The first-order valence-electron chi connectivity index (χ1n) is 8.42. The van der Waals surface area contributed by atoms with Crippen LogP contribution in [-0.4, -0.2) is 36.0 Å². The first kappa shape index (κ1) is 18.6. The highest BCUT2D eigenvalue weighted by atomic mass is 19.1. The molecule has 1 N–H and O–H groups in total. The molecule has 0 fully saturated rings. The van der Waals surface area contributed by atoms with Crippen LogP contribution in [0.25, 0.3) is 5.69 Å². The second-order valence-electron chi connectivity index (χ2n) is 5.89. The number of ether oxygens (including phenoxy) is 2. The normalized spacial score (nSPS) is 10.6. The molecule has 0 unspecified atom stereocenters. The molecule has 7 heteroatoms. The van der Waals surface area contributed by atoms with Crippen LogP contribution in [0.15, 0.2) is 54.7 Å². The predicted octanol–water partition coefficient (Wildman–Crippen LogP) is 3.60. The van der Waals surface area contributed by atoms with Gasteiger partial charge in [-0.15, -0.1) is 0 Å². The van der Waals surface area contributed by atoms with Crippen molar-refractivity contribution < 1.29 is 18.7 Å². The van der Waals surface area contributed by atoms with Gasteiger partial charge in [-0.25, -0.2) is 9.07 Å². The van der Waals surface area contributed by atoms with Crippen LogP contribution in [0.2, 0.25) is 0 Å². The molecule has 140 valence electrons. The molecule has 0 aliphatic rings. The SMILES string of the molecule is COCCOc1ccc(NC(=O)c2ccn(-c3ccc(F)cc3)n2)c(C)c1. The Morgan fingerprint density at radius 2 is 1.93 bits per heavy atom. The molecule has 0 spiro atoms. The van der Waals surface area contributed by atoms with Gasteiger partial charge < -0.3 is 14.8 Å². The summed E-state index contributed by atoms with van der Waals surface area (Å²) in [5.74, 6) is 0.0594.